The zero-order valence-electron chi connectivity index (χ0n) is 11.5. The molecule has 0 fully saturated rings. The number of nitro groups is 1. The van der Waals surface area contributed by atoms with Crippen molar-refractivity contribution < 1.29 is 19.2 Å². The van der Waals surface area contributed by atoms with Crippen LogP contribution in [0.2, 0.25) is 0 Å². The second-order valence-electron chi connectivity index (χ2n) is 3.96. The van der Waals surface area contributed by atoms with Crippen LogP contribution in [0, 0.1) is 10.1 Å². The summed E-state index contributed by atoms with van der Waals surface area (Å²) in [6.45, 7) is 3.63. The fourth-order valence-electron chi connectivity index (χ4n) is 1.62. The van der Waals surface area contributed by atoms with E-state index in [0.29, 0.717) is 31.9 Å². The van der Waals surface area contributed by atoms with E-state index < -0.39 is 10.9 Å². The van der Waals surface area contributed by atoms with Crippen LogP contribution in [0.4, 0.5) is 11.4 Å². The minimum Gasteiger partial charge on any atom is -0.465 e. The van der Waals surface area contributed by atoms with Gasteiger partial charge in [-0.15, -0.1) is 0 Å². The summed E-state index contributed by atoms with van der Waals surface area (Å²) < 4.78 is 9.77. The maximum absolute atomic E-state index is 11.4. The van der Waals surface area contributed by atoms with E-state index >= 15 is 0 Å². The number of ether oxygens (including phenoxy) is 2. The number of hydrogen-bond donors (Lipinski definition) is 1. The van der Waals surface area contributed by atoms with E-state index in [9.17, 15) is 14.9 Å². The fraction of sp³-hybridized carbons (Fsp3) is 0.462. The summed E-state index contributed by atoms with van der Waals surface area (Å²) in [5.41, 5.74) is 0.494. The summed E-state index contributed by atoms with van der Waals surface area (Å²) in [4.78, 5) is 21.9. The lowest BCUT2D eigenvalue weighted by atomic mass is 10.1. The highest BCUT2D eigenvalue weighted by Crippen LogP contribution is 2.25. The van der Waals surface area contributed by atoms with Gasteiger partial charge in [-0.1, -0.05) is 0 Å². The zero-order chi connectivity index (χ0) is 15.0. The van der Waals surface area contributed by atoms with Crippen molar-refractivity contribution in [3.8, 4) is 0 Å². The average Bonchev–Trinajstić information content (AvgIpc) is 2.45. The Morgan fingerprint density at radius 3 is 2.80 bits per heavy atom. The van der Waals surface area contributed by atoms with E-state index in [0.717, 1.165) is 0 Å². The van der Waals surface area contributed by atoms with Crippen LogP contribution in [-0.2, 0) is 9.47 Å². The third-order valence-corrected chi connectivity index (χ3v) is 2.60. The Labute approximate surface area is 117 Å². The first-order valence-electron chi connectivity index (χ1n) is 6.28. The summed E-state index contributed by atoms with van der Waals surface area (Å²) in [7, 11) is 1.26. The molecule has 0 aliphatic carbocycles. The zero-order valence-corrected chi connectivity index (χ0v) is 11.5. The number of rotatable bonds is 8. The molecule has 0 unspecified atom stereocenters. The summed E-state index contributed by atoms with van der Waals surface area (Å²) >= 11 is 0. The van der Waals surface area contributed by atoms with Crippen molar-refractivity contribution in [3.05, 3.63) is 33.9 Å². The number of methoxy groups -OCH3 is 1. The van der Waals surface area contributed by atoms with Gasteiger partial charge in [-0.05, 0) is 25.5 Å². The molecule has 0 aromatic heterocycles. The molecule has 0 saturated carbocycles. The van der Waals surface area contributed by atoms with Crippen LogP contribution in [0.1, 0.15) is 23.7 Å². The van der Waals surface area contributed by atoms with Gasteiger partial charge in [-0.3, -0.25) is 10.1 Å². The average molecular weight is 282 g/mol. The van der Waals surface area contributed by atoms with Gasteiger partial charge in [-0.2, -0.15) is 0 Å². The third-order valence-electron chi connectivity index (χ3n) is 2.60. The molecule has 1 N–H and O–H groups in total. The molecule has 7 heteroatoms. The van der Waals surface area contributed by atoms with Crippen LogP contribution in [0.3, 0.4) is 0 Å². The van der Waals surface area contributed by atoms with Gasteiger partial charge >= 0.3 is 5.97 Å². The van der Waals surface area contributed by atoms with Crippen molar-refractivity contribution in [1.82, 2.24) is 0 Å². The highest BCUT2D eigenvalue weighted by Gasteiger charge is 2.16. The quantitative estimate of drug-likeness (QED) is 0.340. The molecule has 0 heterocycles. The summed E-state index contributed by atoms with van der Waals surface area (Å²) in [5.74, 6) is -0.530. The van der Waals surface area contributed by atoms with Crippen LogP contribution in [-0.4, -0.2) is 37.8 Å². The Kier molecular flexibility index (Phi) is 6.45. The normalized spacial score (nSPS) is 10.1. The van der Waals surface area contributed by atoms with E-state index in [1.807, 2.05) is 6.92 Å². The van der Waals surface area contributed by atoms with Crippen molar-refractivity contribution in [2.75, 3.05) is 32.2 Å². The molecular formula is C13H18N2O5. The Balaban J connectivity index is 2.78. The number of esters is 1. The lowest BCUT2D eigenvalue weighted by Gasteiger charge is -2.08. The molecule has 0 aliphatic heterocycles. The molecule has 0 spiro atoms. The Morgan fingerprint density at radius 1 is 1.45 bits per heavy atom. The highest BCUT2D eigenvalue weighted by molar-refractivity contribution is 5.91. The minimum atomic E-state index is -0.530. The molecule has 0 aliphatic rings. The summed E-state index contributed by atoms with van der Waals surface area (Å²) in [6.07, 6.45) is 0.716. The van der Waals surface area contributed by atoms with Crippen molar-refractivity contribution in [2.45, 2.75) is 13.3 Å². The van der Waals surface area contributed by atoms with Crippen LogP contribution in [0.5, 0.6) is 0 Å². The molecule has 0 atom stereocenters. The molecule has 1 rings (SSSR count). The lowest BCUT2D eigenvalue weighted by Crippen LogP contribution is -2.09. The molecule has 110 valence electrons. The number of carbonyl (C=O) groups is 1. The van der Waals surface area contributed by atoms with E-state index in [4.69, 9.17) is 4.74 Å². The van der Waals surface area contributed by atoms with Gasteiger partial charge in [0.1, 0.15) is 5.69 Å². The van der Waals surface area contributed by atoms with Gasteiger partial charge in [0.05, 0.1) is 17.6 Å². The molecule has 1 aromatic carbocycles. The second-order valence-corrected chi connectivity index (χ2v) is 3.96. The number of nitrogens with zero attached hydrogens (tertiary/aromatic N) is 1. The number of benzene rings is 1. The Bertz CT molecular complexity index is 476. The van der Waals surface area contributed by atoms with Gasteiger partial charge < -0.3 is 14.8 Å². The lowest BCUT2D eigenvalue weighted by molar-refractivity contribution is -0.384. The van der Waals surface area contributed by atoms with Gasteiger partial charge in [0.25, 0.3) is 5.69 Å². The smallest absolute Gasteiger partial charge is 0.337 e. The number of nitrogens with one attached hydrogen (secondary N) is 1. The highest BCUT2D eigenvalue weighted by atomic mass is 16.6. The SMILES string of the molecule is CCOCCCNc1cc(C(=O)OC)ccc1[N+](=O)[O-]. The van der Waals surface area contributed by atoms with Crippen molar-refractivity contribution in [3.63, 3.8) is 0 Å². The van der Waals surface area contributed by atoms with Crippen LogP contribution >= 0.6 is 0 Å². The molecular weight excluding hydrogens is 264 g/mol. The van der Waals surface area contributed by atoms with Gasteiger partial charge in [0.15, 0.2) is 0 Å². The van der Waals surface area contributed by atoms with E-state index in [1.165, 1.54) is 25.3 Å². The number of carbonyl (C=O) groups excluding carboxylic acids is 1. The van der Waals surface area contributed by atoms with Gasteiger partial charge in [0, 0.05) is 25.8 Å². The van der Waals surface area contributed by atoms with E-state index in [-0.39, 0.29) is 11.3 Å². The maximum atomic E-state index is 11.4. The Morgan fingerprint density at radius 2 is 2.20 bits per heavy atom. The monoisotopic (exact) mass is 282 g/mol. The summed E-state index contributed by atoms with van der Waals surface area (Å²) in [5, 5.41) is 13.9. The van der Waals surface area contributed by atoms with Crippen LogP contribution < -0.4 is 5.32 Å². The standard InChI is InChI=1S/C13H18N2O5/c1-3-20-8-4-7-14-11-9-10(13(16)19-2)5-6-12(11)15(17)18/h5-6,9,14H,3-4,7-8H2,1-2H3. The molecule has 0 radical (unpaired) electrons. The third kappa shape index (κ3) is 4.51. The van der Waals surface area contributed by atoms with E-state index in [2.05, 4.69) is 10.1 Å². The topological polar surface area (TPSA) is 90.7 Å². The number of anilines is 1. The predicted molar refractivity (Wildman–Crippen MR) is 74.0 cm³/mol. The molecule has 20 heavy (non-hydrogen) atoms. The first-order chi connectivity index (χ1) is 9.60. The molecule has 7 nitrogen and oxygen atoms in total. The van der Waals surface area contributed by atoms with Crippen LogP contribution in [0.25, 0.3) is 0 Å². The number of nitro benzene ring substituents is 1. The van der Waals surface area contributed by atoms with Gasteiger partial charge in [0.2, 0.25) is 0 Å². The Hall–Kier alpha value is -2.15. The van der Waals surface area contributed by atoms with Crippen molar-refractivity contribution in [2.24, 2.45) is 0 Å². The fourth-order valence-corrected chi connectivity index (χ4v) is 1.62. The number of hydrogen-bond acceptors (Lipinski definition) is 6. The second kappa shape index (κ2) is 8.11. The maximum Gasteiger partial charge on any atom is 0.337 e. The summed E-state index contributed by atoms with van der Waals surface area (Å²) in [6, 6.07) is 4.08. The van der Waals surface area contributed by atoms with Crippen molar-refractivity contribution >= 4 is 17.3 Å². The first-order valence-corrected chi connectivity index (χ1v) is 6.28. The molecule has 0 bridgehead atoms. The largest absolute Gasteiger partial charge is 0.465 e. The van der Waals surface area contributed by atoms with Crippen LogP contribution in [0.15, 0.2) is 18.2 Å². The van der Waals surface area contributed by atoms with Gasteiger partial charge in [-0.25, -0.2) is 4.79 Å². The first kappa shape index (κ1) is 15.9. The molecule has 0 saturated heterocycles. The minimum absolute atomic E-state index is 0.0749. The predicted octanol–water partition coefficient (Wildman–Crippen LogP) is 2.22. The van der Waals surface area contributed by atoms with E-state index in [1.54, 1.807) is 0 Å². The molecule has 1 aromatic rings. The van der Waals surface area contributed by atoms with Crippen molar-refractivity contribution in [1.29, 1.82) is 0 Å². The molecule has 0 amide bonds.